The van der Waals surface area contributed by atoms with Gasteiger partial charge in [0.25, 0.3) is 5.91 Å². The van der Waals surface area contributed by atoms with Gasteiger partial charge in [-0.2, -0.15) is 5.10 Å². The van der Waals surface area contributed by atoms with E-state index in [9.17, 15) is 9.59 Å². The minimum atomic E-state index is -0.829. The first kappa shape index (κ1) is 19.9. The summed E-state index contributed by atoms with van der Waals surface area (Å²) in [6.07, 6.45) is 1.46. The summed E-state index contributed by atoms with van der Waals surface area (Å²) >= 11 is 0. The van der Waals surface area contributed by atoms with Gasteiger partial charge in [-0.15, -0.1) is 0 Å². The molecule has 9 nitrogen and oxygen atoms in total. The number of hydrogen-bond donors (Lipinski definition) is 3. The van der Waals surface area contributed by atoms with Gasteiger partial charge in [-0.1, -0.05) is 18.2 Å². The van der Waals surface area contributed by atoms with Crippen LogP contribution in [-0.2, 0) is 9.59 Å². The molecule has 0 radical (unpaired) electrons. The Balaban J connectivity index is 1.56. The molecule has 9 heteroatoms. The van der Waals surface area contributed by atoms with Gasteiger partial charge in [-0.05, 0) is 24.3 Å². The lowest BCUT2D eigenvalue weighted by Crippen LogP contribution is -2.35. The molecule has 150 valence electrons. The number of methoxy groups -OCH3 is 2. The molecule has 3 rings (SSSR count). The molecule has 0 aromatic heterocycles. The highest BCUT2D eigenvalue weighted by atomic mass is 16.5. The van der Waals surface area contributed by atoms with E-state index in [2.05, 4.69) is 26.2 Å². The van der Waals surface area contributed by atoms with Gasteiger partial charge < -0.3 is 14.8 Å². The number of carbonyl (C=O) groups is 2. The number of nitrogens with one attached hydrogen (secondary N) is 3. The Hall–Kier alpha value is -3.88. The summed E-state index contributed by atoms with van der Waals surface area (Å²) in [6, 6.07) is 13.5. The first-order valence-corrected chi connectivity index (χ1v) is 8.83. The molecule has 1 aliphatic rings. The van der Waals surface area contributed by atoms with E-state index in [0.717, 1.165) is 5.56 Å². The topological polar surface area (TPSA) is 113 Å². The van der Waals surface area contributed by atoms with Crippen LogP contribution in [0.25, 0.3) is 0 Å². The van der Waals surface area contributed by atoms with E-state index < -0.39 is 6.04 Å². The molecule has 0 spiro atoms. The fourth-order valence-corrected chi connectivity index (χ4v) is 2.67. The SMILES string of the molecule is COc1cccc(NC(=O)CC2N=C(NN=Cc3ccccc3OC)NC2=O)c1. The van der Waals surface area contributed by atoms with Crippen LogP contribution in [0.1, 0.15) is 12.0 Å². The van der Waals surface area contributed by atoms with Gasteiger partial charge in [0.2, 0.25) is 11.9 Å². The number of hydrazone groups is 1. The van der Waals surface area contributed by atoms with E-state index in [-0.39, 0.29) is 24.2 Å². The number of benzene rings is 2. The number of para-hydroxylation sites is 1. The lowest BCUT2D eigenvalue weighted by atomic mass is 10.2. The van der Waals surface area contributed by atoms with Crippen molar-refractivity contribution in [3.8, 4) is 11.5 Å². The lowest BCUT2D eigenvalue weighted by molar-refractivity contribution is -0.123. The number of rotatable bonds is 7. The summed E-state index contributed by atoms with van der Waals surface area (Å²) in [7, 11) is 3.12. The number of ether oxygens (including phenoxy) is 2. The highest BCUT2D eigenvalue weighted by Crippen LogP contribution is 2.17. The summed E-state index contributed by atoms with van der Waals surface area (Å²) in [5.74, 6) is 0.767. The van der Waals surface area contributed by atoms with E-state index in [4.69, 9.17) is 9.47 Å². The van der Waals surface area contributed by atoms with Crippen molar-refractivity contribution in [1.29, 1.82) is 0 Å². The summed E-state index contributed by atoms with van der Waals surface area (Å²) in [5.41, 5.74) is 4.01. The van der Waals surface area contributed by atoms with Crippen molar-refractivity contribution in [3.05, 3.63) is 54.1 Å². The van der Waals surface area contributed by atoms with Gasteiger partial charge in [0.05, 0.1) is 26.9 Å². The van der Waals surface area contributed by atoms with Gasteiger partial charge in [0, 0.05) is 17.3 Å². The van der Waals surface area contributed by atoms with Crippen LogP contribution in [0.3, 0.4) is 0 Å². The number of amides is 2. The summed E-state index contributed by atoms with van der Waals surface area (Å²) in [4.78, 5) is 28.5. The summed E-state index contributed by atoms with van der Waals surface area (Å²) < 4.78 is 10.4. The van der Waals surface area contributed by atoms with Crippen LogP contribution in [0, 0.1) is 0 Å². The Morgan fingerprint density at radius 1 is 1.21 bits per heavy atom. The second-order valence-corrected chi connectivity index (χ2v) is 6.08. The standard InChI is InChI=1S/C20H21N5O4/c1-28-15-8-5-7-14(10-15)22-18(26)11-16-19(27)24-20(23-16)25-21-12-13-6-3-4-9-17(13)29-2/h3-10,12,16H,11H2,1-2H3,(H,22,26)(H2,23,24,25,27). The van der Waals surface area contributed by atoms with Gasteiger partial charge in [-0.25, -0.2) is 10.4 Å². The third kappa shape index (κ3) is 5.32. The van der Waals surface area contributed by atoms with Gasteiger partial charge in [0.1, 0.15) is 17.5 Å². The molecule has 3 N–H and O–H groups in total. The van der Waals surface area contributed by atoms with E-state index in [1.165, 1.54) is 0 Å². The maximum absolute atomic E-state index is 12.2. The van der Waals surface area contributed by atoms with Crippen LogP contribution in [0.15, 0.2) is 58.6 Å². The molecule has 1 atom stereocenters. The zero-order chi connectivity index (χ0) is 20.6. The van der Waals surface area contributed by atoms with Crippen LogP contribution in [0.2, 0.25) is 0 Å². The molecule has 0 aliphatic carbocycles. The average molecular weight is 395 g/mol. The Bertz CT molecular complexity index is 957. The highest BCUT2D eigenvalue weighted by molar-refractivity contribution is 6.07. The summed E-state index contributed by atoms with van der Waals surface area (Å²) in [5, 5.41) is 9.34. The number of hydrogen-bond acceptors (Lipinski definition) is 7. The Kier molecular flexibility index (Phi) is 6.41. The molecular weight excluding hydrogens is 374 g/mol. The van der Waals surface area contributed by atoms with Gasteiger partial charge in [-0.3, -0.25) is 14.9 Å². The van der Waals surface area contributed by atoms with Crippen molar-refractivity contribution in [1.82, 2.24) is 10.7 Å². The number of aliphatic imine (C=N–C) groups is 1. The van der Waals surface area contributed by atoms with Crippen LogP contribution in [0.4, 0.5) is 5.69 Å². The molecule has 0 fully saturated rings. The second-order valence-electron chi connectivity index (χ2n) is 6.08. The van der Waals surface area contributed by atoms with Gasteiger partial charge >= 0.3 is 0 Å². The molecule has 1 unspecified atom stereocenters. The highest BCUT2D eigenvalue weighted by Gasteiger charge is 2.28. The minimum Gasteiger partial charge on any atom is -0.497 e. The maximum Gasteiger partial charge on any atom is 0.252 e. The van der Waals surface area contributed by atoms with Gasteiger partial charge in [0.15, 0.2) is 0 Å². The predicted octanol–water partition coefficient (Wildman–Crippen LogP) is 1.51. The molecule has 2 amide bonds. The molecule has 2 aromatic rings. The average Bonchev–Trinajstić information content (AvgIpc) is 3.07. The van der Waals surface area contributed by atoms with E-state index >= 15 is 0 Å². The smallest absolute Gasteiger partial charge is 0.252 e. The quantitative estimate of drug-likeness (QED) is 0.486. The second kappa shape index (κ2) is 9.36. The fraction of sp³-hybridized carbons (Fsp3) is 0.200. The third-order valence-electron chi connectivity index (χ3n) is 4.07. The molecule has 2 aromatic carbocycles. The van der Waals surface area contributed by atoms with Crippen LogP contribution in [-0.4, -0.2) is 44.2 Å². The van der Waals surface area contributed by atoms with Crippen LogP contribution >= 0.6 is 0 Å². The van der Waals surface area contributed by atoms with Crippen molar-refractivity contribution >= 4 is 29.7 Å². The molecule has 0 bridgehead atoms. The first-order chi connectivity index (χ1) is 14.1. The Labute approximate surface area is 167 Å². The normalized spacial score (nSPS) is 15.6. The monoisotopic (exact) mass is 395 g/mol. The lowest BCUT2D eigenvalue weighted by Gasteiger charge is -2.08. The van der Waals surface area contributed by atoms with E-state index in [0.29, 0.717) is 17.2 Å². The van der Waals surface area contributed by atoms with Crippen molar-refractivity contribution in [2.45, 2.75) is 12.5 Å². The zero-order valence-corrected chi connectivity index (χ0v) is 16.0. The van der Waals surface area contributed by atoms with E-state index in [1.807, 2.05) is 24.3 Å². The molecule has 1 heterocycles. The first-order valence-electron chi connectivity index (χ1n) is 8.83. The Morgan fingerprint density at radius 3 is 2.83 bits per heavy atom. The van der Waals surface area contributed by atoms with Crippen molar-refractivity contribution in [3.63, 3.8) is 0 Å². The number of guanidine groups is 1. The molecule has 29 heavy (non-hydrogen) atoms. The summed E-state index contributed by atoms with van der Waals surface area (Å²) in [6.45, 7) is 0. The van der Waals surface area contributed by atoms with Crippen LogP contribution < -0.4 is 25.5 Å². The number of anilines is 1. The third-order valence-corrected chi connectivity index (χ3v) is 4.07. The fourth-order valence-electron chi connectivity index (χ4n) is 2.67. The largest absolute Gasteiger partial charge is 0.497 e. The number of carbonyl (C=O) groups excluding carboxylic acids is 2. The molecule has 1 aliphatic heterocycles. The Morgan fingerprint density at radius 2 is 2.03 bits per heavy atom. The van der Waals surface area contributed by atoms with Crippen LogP contribution in [0.5, 0.6) is 11.5 Å². The zero-order valence-electron chi connectivity index (χ0n) is 16.0. The van der Waals surface area contributed by atoms with Crippen molar-refractivity contribution in [2.24, 2.45) is 10.1 Å². The maximum atomic E-state index is 12.2. The minimum absolute atomic E-state index is 0.0928. The van der Waals surface area contributed by atoms with Crippen molar-refractivity contribution in [2.75, 3.05) is 19.5 Å². The molecular formula is C20H21N5O4. The van der Waals surface area contributed by atoms with Crippen molar-refractivity contribution < 1.29 is 19.1 Å². The molecule has 0 saturated carbocycles. The number of nitrogens with zero attached hydrogens (tertiary/aromatic N) is 2. The molecule has 0 saturated heterocycles. The van der Waals surface area contributed by atoms with E-state index in [1.54, 1.807) is 44.7 Å². The predicted molar refractivity (Wildman–Crippen MR) is 109 cm³/mol.